The normalized spacial score (nSPS) is 17.5. The molecule has 0 amide bonds. The summed E-state index contributed by atoms with van der Waals surface area (Å²) in [6.07, 6.45) is 9.98. The Morgan fingerprint density at radius 3 is 2.53 bits per heavy atom. The van der Waals surface area contributed by atoms with Crippen molar-refractivity contribution in [3.63, 3.8) is 0 Å². The Bertz CT molecular complexity index is 313. The van der Waals surface area contributed by atoms with Crippen molar-refractivity contribution in [2.75, 3.05) is 17.2 Å². The zero-order valence-electron chi connectivity index (χ0n) is 10.7. The fourth-order valence-corrected chi connectivity index (χ4v) is 2.42. The van der Waals surface area contributed by atoms with E-state index in [9.17, 15) is 0 Å². The molecule has 2 N–H and O–H groups in total. The van der Waals surface area contributed by atoms with E-state index in [4.69, 9.17) is 0 Å². The van der Waals surface area contributed by atoms with E-state index in [-0.39, 0.29) is 0 Å². The number of pyridine rings is 1. The monoisotopic (exact) mass is 233 g/mol. The molecule has 1 saturated carbocycles. The van der Waals surface area contributed by atoms with Gasteiger partial charge in [-0.1, -0.05) is 25.7 Å². The van der Waals surface area contributed by atoms with E-state index < -0.39 is 0 Å². The molecule has 0 radical (unpaired) electrons. The summed E-state index contributed by atoms with van der Waals surface area (Å²) < 4.78 is 0. The number of anilines is 2. The molecule has 1 aliphatic rings. The van der Waals surface area contributed by atoms with Crippen molar-refractivity contribution in [1.29, 1.82) is 0 Å². The van der Waals surface area contributed by atoms with E-state index >= 15 is 0 Å². The molecule has 0 bridgehead atoms. The standard InChI is InChI=1S/C14H23N3/c1-2-15-13-9-10-14(16-11-13)17-12-7-5-3-4-6-8-12/h9-12,15H,2-8H2,1H3,(H,16,17). The van der Waals surface area contributed by atoms with Gasteiger partial charge in [-0.2, -0.15) is 0 Å². The minimum Gasteiger partial charge on any atom is -0.384 e. The molecule has 1 fully saturated rings. The van der Waals surface area contributed by atoms with Crippen LogP contribution in [0.4, 0.5) is 11.5 Å². The van der Waals surface area contributed by atoms with Crippen LogP contribution in [-0.2, 0) is 0 Å². The lowest BCUT2D eigenvalue weighted by Gasteiger charge is -2.17. The fourth-order valence-electron chi connectivity index (χ4n) is 2.42. The zero-order chi connectivity index (χ0) is 11.9. The minimum atomic E-state index is 0.620. The number of hydrogen-bond acceptors (Lipinski definition) is 3. The molecule has 2 rings (SSSR count). The van der Waals surface area contributed by atoms with Crippen LogP contribution in [0.25, 0.3) is 0 Å². The van der Waals surface area contributed by atoms with E-state index in [1.165, 1.54) is 38.5 Å². The summed E-state index contributed by atoms with van der Waals surface area (Å²) >= 11 is 0. The second kappa shape index (κ2) is 6.48. The van der Waals surface area contributed by atoms with E-state index in [0.29, 0.717) is 6.04 Å². The summed E-state index contributed by atoms with van der Waals surface area (Å²) in [5.41, 5.74) is 1.10. The van der Waals surface area contributed by atoms with E-state index in [0.717, 1.165) is 18.1 Å². The zero-order valence-corrected chi connectivity index (χ0v) is 10.7. The fraction of sp³-hybridized carbons (Fsp3) is 0.643. The van der Waals surface area contributed by atoms with E-state index in [2.05, 4.69) is 34.7 Å². The lowest BCUT2D eigenvalue weighted by atomic mass is 10.1. The topological polar surface area (TPSA) is 37.0 Å². The van der Waals surface area contributed by atoms with Gasteiger partial charge in [-0.05, 0) is 31.9 Å². The highest BCUT2D eigenvalue weighted by Gasteiger charge is 2.11. The van der Waals surface area contributed by atoms with Gasteiger partial charge < -0.3 is 10.6 Å². The molecule has 1 aliphatic carbocycles. The highest BCUT2D eigenvalue weighted by Crippen LogP contribution is 2.20. The van der Waals surface area contributed by atoms with Crippen molar-refractivity contribution in [2.24, 2.45) is 0 Å². The lowest BCUT2D eigenvalue weighted by molar-refractivity contribution is 0.618. The molecule has 0 aromatic carbocycles. The third-order valence-corrected chi connectivity index (χ3v) is 3.35. The van der Waals surface area contributed by atoms with Crippen molar-refractivity contribution >= 4 is 11.5 Å². The second-order valence-electron chi connectivity index (χ2n) is 4.80. The van der Waals surface area contributed by atoms with Crippen LogP contribution in [0.3, 0.4) is 0 Å². The van der Waals surface area contributed by atoms with Crippen molar-refractivity contribution in [3.05, 3.63) is 18.3 Å². The summed E-state index contributed by atoms with van der Waals surface area (Å²) in [7, 11) is 0. The van der Waals surface area contributed by atoms with Crippen LogP contribution in [0, 0.1) is 0 Å². The lowest BCUT2D eigenvalue weighted by Crippen LogP contribution is -2.18. The predicted molar refractivity (Wildman–Crippen MR) is 73.5 cm³/mol. The van der Waals surface area contributed by atoms with Crippen LogP contribution < -0.4 is 10.6 Å². The Morgan fingerprint density at radius 1 is 1.18 bits per heavy atom. The van der Waals surface area contributed by atoms with Crippen LogP contribution in [0.2, 0.25) is 0 Å². The highest BCUT2D eigenvalue weighted by molar-refractivity contribution is 5.47. The van der Waals surface area contributed by atoms with E-state index in [1.807, 2.05) is 6.20 Å². The Kier molecular flexibility index (Phi) is 4.65. The first-order valence-electron chi connectivity index (χ1n) is 6.85. The largest absolute Gasteiger partial charge is 0.384 e. The average molecular weight is 233 g/mol. The minimum absolute atomic E-state index is 0.620. The smallest absolute Gasteiger partial charge is 0.126 e. The van der Waals surface area contributed by atoms with Crippen LogP contribution in [0.1, 0.15) is 45.4 Å². The van der Waals surface area contributed by atoms with Crippen LogP contribution in [0.15, 0.2) is 18.3 Å². The number of nitrogens with zero attached hydrogens (tertiary/aromatic N) is 1. The molecule has 3 heteroatoms. The average Bonchev–Trinajstić information content (AvgIpc) is 2.61. The molecule has 1 aromatic heterocycles. The first-order valence-corrected chi connectivity index (χ1v) is 6.85. The maximum Gasteiger partial charge on any atom is 0.126 e. The van der Waals surface area contributed by atoms with Gasteiger partial charge in [0.15, 0.2) is 0 Å². The summed E-state index contributed by atoms with van der Waals surface area (Å²) in [5.74, 6) is 1.01. The molecule has 3 nitrogen and oxygen atoms in total. The highest BCUT2D eigenvalue weighted by atomic mass is 15.0. The molecule has 0 atom stereocenters. The van der Waals surface area contributed by atoms with Crippen molar-refractivity contribution < 1.29 is 0 Å². The summed E-state index contributed by atoms with van der Waals surface area (Å²) in [6.45, 7) is 3.04. The summed E-state index contributed by atoms with van der Waals surface area (Å²) in [6, 6.07) is 4.79. The van der Waals surface area contributed by atoms with Gasteiger partial charge in [-0.25, -0.2) is 4.98 Å². The summed E-state index contributed by atoms with van der Waals surface area (Å²) in [4.78, 5) is 4.45. The summed E-state index contributed by atoms with van der Waals surface area (Å²) in [5, 5.41) is 6.81. The third kappa shape index (κ3) is 3.91. The third-order valence-electron chi connectivity index (χ3n) is 3.35. The maximum atomic E-state index is 4.45. The van der Waals surface area contributed by atoms with Gasteiger partial charge in [-0.15, -0.1) is 0 Å². The number of hydrogen-bond donors (Lipinski definition) is 2. The number of rotatable bonds is 4. The van der Waals surface area contributed by atoms with Gasteiger partial charge in [0.2, 0.25) is 0 Å². The van der Waals surface area contributed by atoms with E-state index in [1.54, 1.807) is 0 Å². The Balaban J connectivity index is 1.88. The second-order valence-corrected chi connectivity index (χ2v) is 4.80. The maximum absolute atomic E-state index is 4.45. The van der Waals surface area contributed by atoms with Gasteiger partial charge >= 0.3 is 0 Å². The molecular formula is C14H23N3. The van der Waals surface area contributed by atoms with Crippen molar-refractivity contribution in [3.8, 4) is 0 Å². The van der Waals surface area contributed by atoms with Gasteiger partial charge in [0.25, 0.3) is 0 Å². The van der Waals surface area contributed by atoms with Gasteiger partial charge in [0, 0.05) is 12.6 Å². The quantitative estimate of drug-likeness (QED) is 0.779. The Hall–Kier alpha value is -1.25. The van der Waals surface area contributed by atoms with Crippen LogP contribution in [-0.4, -0.2) is 17.6 Å². The van der Waals surface area contributed by atoms with Gasteiger partial charge in [-0.3, -0.25) is 0 Å². The van der Waals surface area contributed by atoms with Crippen LogP contribution >= 0.6 is 0 Å². The molecule has 1 heterocycles. The van der Waals surface area contributed by atoms with Crippen LogP contribution in [0.5, 0.6) is 0 Å². The molecule has 0 spiro atoms. The molecule has 0 saturated heterocycles. The molecular weight excluding hydrogens is 210 g/mol. The Morgan fingerprint density at radius 2 is 1.94 bits per heavy atom. The molecule has 17 heavy (non-hydrogen) atoms. The first-order chi connectivity index (χ1) is 8.38. The predicted octanol–water partition coefficient (Wildman–Crippen LogP) is 3.65. The van der Waals surface area contributed by atoms with Crippen molar-refractivity contribution in [2.45, 2.75) is 51.5 Å². The number of aromatic nitrogens is 1. The molecule has 0 aliphatic heterocycles. The number of nitrogens with one attached hydrogen (secondary N) is 2. The molecule has 0 unspecified atom stereocenters. The van der Waals surface area contributed by atoms with Crippen molar-refractivity contribution in [1.82, 2.24) is 4.98 Å². The molecule has 1 aromatic rings. The Labute approximate surface area is 104 Å². The first kappa shape index (κ1) is 12.2. The van der Waals surface area contributed by atoms with Gasteiger partial charge in [0.05, 0.1) is 11.9 Å². The SMILES string of the molecule is CCNc1ccc(NC2CCCCCC2)nc1. The van der Waals surface area contributed by atoms with Gasteiger partial charge in [0.1, 0.15) is 5.82 Å². The molecule has 94 valence electrons.